The third-order valence-electron chi connectivity index (χ3n) is 5.61. The first-order valence-corrected chi connectivity index (χ1v) is 10.1. The molecule has 0 saturated carbocycles. The van der Waals surface area contributed by atoms with Crippen LogP contribution in [0.1, 0.15) is 43.4 Å². The van der Waals surface area contributed by atoms with Crippen LogP contribution in [0.15, 0.2) is 54.6 Å². The maximum Gasteiger partial charge on any atom is 0.243 e. The van der Waals surface area contributed by atoms with Crippen LogP contribution < -0.4 is 5.48 Å². The number of rotatable bonds is 8. The lowest BCUT2D eigenvalue weighted by molar-refractivity contribution is -0.129. The number of para-hydroxylation sites is 2. The molecule has 0 aliphatic carbocycles. The van der Waals surface area contributed by atoms with E-state index in [-0.39, 0.29) is 5.91 Å². The fourth-order valence-corrected chi connectivity index (χ4v) is 4.25. The van der Waals surface area contributed by atoms with Gasteiger partial charge in [0.05, 0.1) is 5.52 Å². The van der Waals surface area contributed by atoms with E-state index in [2.05, 4.69) is 64.1 Å². The minimum atomic E-state index is -0.292. The van der Waals surface area contributed by atoms with Gasteiger partial charge in [-0.1, -0.05) is 49.2 Å². The van der Waals surface area contributed by atoms with Crippen LogP contribution in [-0.4, -0.2) is 27.1 Å². The number of benzene rings is 2. The van der Waals surface area contributed by atoms with Gasteiger partial charge in [0.1, 0.15) is 0 Å². The van der Waals surface area contributed by atoms with Crippen LogP contribution in [0, 0.1) is 0 Å². The number of amides is 1. The molecule has 0 atom stereocenters. The second-order valence-corrected chi connectivity index (χ2v) is 7.52. The highest BCUT2D eigenvalue weighted by Crippen LogP contribution is 2.35. The molecule has 0 saturated heterocycles. The van der Waals surface area contributed by atoms with Crippen molar-refractivity contribution in [1.82, 2.24) is 14.9 Å². The van der Waals surface area contributed by atoms with Gasteiger partial charge in [-0.25, -0.2) is 5.48 Å². The summed E-state index contributed by atoms with van der Waals surface area (Å²) in [6.45, 7) is 3.05. The Morgan fingerprint density at radius 2 is 1.68 bits per heavy atom. The van der Waals surface area contributed by atoms with Gasteiger partial charge in [-0.05, 0) is 43.1 Å². The molecule has 3 aromatic rings. The number of nitrogens with one attached hydrogen (secondary N) is 1. The number of nitrogens with zero attached hydrogens (tertiary/aromatic N) is 2. The predicted octanol–water partition coefficient (Wildman–Crippen LogP) is 4.40. The molecule has 1 aliphatic heterocycles. The molecule has 1 amide bonds. The van der Waals surface area contributed by atoms with Crippen LogP contribution in [-0.2, 0) is 17.9 Å². The standard InChI is InChI=1S/C23H27N3O2/c27-23(24-28)14-6-1-2-9-15-25-16-20-19-12-7-8-13-21(19)26(22(20)17-25)18-10-4-3-5-11-18/h3-5,7-8,10-13,28H,1-2,6,9,14-17H2,(H,24,27). The zero-order valence-electron chi connectivity index (χ0n) is 16.1. The maximum absolute atomic E-state index is 11.0. The van der Waals surface area contributed by atoms with Crippen molar-refractivity contribution in [2.45, 2.75) is 45.2 Å². The van der Waals surface area contributed by atoms with Crippen LogP contribution in [0.4, 0.5) is 0 Å². The minimum Gasteiger partial charge on any atom is -0.312 e. The Morgan fingerprint density at radius 3 is 2.50 bits per heavy atom. The Labute approximate surface area is 165 Å². The molecule has 1 aliphatic rings. The van der Waals surface area contributed by atoms with Crippen molar-refractivity contribution in [2.24, 2.45) is 0 Å². The van der Waals surface area contributed by atoms with Crippen LogP contribution in [0.2, 0.25) is 0 Å². The quantitative estimate of drug-likeness (QED) is 0.347. The number of carbonyl (C=O) groups excluding carboxylic acids is 1. The Hall–Kier alpha value is -2.63. The summed E-state index contributed by atoms with van der Waals surface area (Å²) in [5, 5.41) is 9.88. The molecule has 0 fully saturated rings. The van der Waals surface area contributed by atoms with E-state index in [1.165, 1.54) is 27.8 Å². The third-order valence-corrected chi connectivity index (χ3v) is 5.61. The number of aromatic nitrogens is 1. The SMILES string of the molecule is O=C(CCCCCCN1Cc2c(n(-c3ccccc3)c3ccccc23)C1)NO. The average molecular weight is 377 g/mol. The van der Waals surface area contributed by atoms with Crippen molar-refractivity contribution in [1.29, 1.82) is 0 Å². The summed E-state index contributed by atoms with van der Waals surface area (Å²) < 4.78 is 2.41. The van der Waals surface area contributed by atoms with Crippen LogP contribution >= 0.6 is 0 Å². The molecule has 0 unspecified atom stereocenters. The number of fused-ring (bicyclic) bond motifs is 3. The molecular formula is C23H27N3O2. The largest absolute Gasteiger partial charge is 0.312 e. The maximum atomic E-state index is 11.0. The Bertz CT molecular complexity index is 949. The Kier molecular flexibility index (Phi) is 5.74. The van der Waals surface area contributed by atoms with E-state index in [1.54, 1.807) is 5.48 Å². The summed E-state index contributed by atoms with van der Waals surface area (Å²) in [4.78, 5) is 13.6. The molecule has 0 spiro atoms. The van der Waals surface area contributed by atoms with Gasteiger partial charge in [-0.3, -0.25) is 14.9 Å². The summed E-state index contributed by atoms with van der Waals surface area (Å²) in [5.41, 5.74) is 7.08. The van der Waals surface area contributed by atoms with Crippen LogP contribution in [0.25, 0.3) is 16.6 Å². The third kappa shape index (κ3) is 3.81. The first kappa shape index (κ1) is 18.7. The van der Waals surface area contributed by atoms with E-state index >= 15 is 0 Å². The van der Waals surface area contributed by atoms with Gasteiger partial charge in [0, 0.05) is 36.3 Å². The lowest BCUT2D eigenvalue weighted by Gasteiger charge is -2.17. The van der Waals surface area contributed by atoms with Gasteiger partial charge in [0.25, 0.3) is 0 Å². The normalized spacial score (nSPS) is 13.8. The summed E-state index contributed by atoms with van der Waals surface area (Å²) in [7, 11) is 0. The molecule has 4 rings (SSSR count). The van der Waals surface area contributed by atoms with Crippen molar-refractivity contribution in [3.05, 3.63) is 65.9 Å². The van der Waals surface area contributed by atoms with Crippen molar-refractivity contribution in [2.75, 3.05) is 6.54 Å². The van der Waals surface area contributed by atoms with Gasteiger partial charge in [-0.15, -0.1) is 0 Å². The zero-order valence-corrected chi connectivity index (χ0v) is 16.1. The molecule has 146 valence electrons. The van der Waals surface area contributed by atoms with Crippen molar-refractivity contribution < 1.29 is 10.0 Å². The van der Waals surface area contributed by atoms with E-state index in [0.717, 1.165) is 45.3 Å². The molecule has 28 heavy (non-hydrogen) atoms. The highest BCUT2D eigenvalue weighted by Gasteiger charge is 2.26. The van der Waals surface area contributed by atoms with Crippen molar-refractivity contribution in [3.63, 3.8) is 0 Å². The van der Waals surface area contributed by atoms with E-state index < -0.39 is 0 Å². The summed E-state index contributed by atoms with van der Waals surface area (Å²) in [5.74, 6) is -0.292. The van der Waals surface area contributed by atoms with Crippen LogP contribution in [0.3, 0.4) is 0 Å². The lowest BCUT2D eigenvalue weighted by atomic mass is 10.1. The highest BCUT2D eigenvalue weighted by atomic mass is 16.5. The number of carbonyl (C=O) groups is 1. The number of hydrogen-bond donors (Lipinski definition) is 2. The van der Waals surface area contributed by atoms with Gasteiger partial charge in [0.2, 0.25) is 5.91 Å². The second kappa shape index (κ2) is 8.59. The summed E-state index contributed by atoms with van der Waals surface area (Å²) in [6.07, 6.45) is 4.50. The van der Waals surface area contributed by atoms with Gasteiger partial charge >= 0.3 is 0 Å². The van der Waals surface area contributed by atoms with E-state index in [4.69, 9.17) is 5.21 Å². The molecule has 0 bridgehead atoms. The van der Waals surface area contributed by atoms with Crippen LogP contribution in [0.5, 0.6) is 0 Å². The molecular weight excluding hydrogens is 350 g/mol. The number of hydroxylamine groups is 1. The molecule has 2 aromatic carbocycles. The molecule has 0 radical (unpaired) electrons. The highest BCUT2D eigenvalue weighted by molar-refractivity contribution is 5.87. The first-order valence-electron chi connectivity index (χ1n) is 10.1. The average Bonchev–Trinajstić information content (AvgIpc) is 3.27. The number of unbranched alkanes of at least 4 members (excludes halogenated alkanes) is 3. The molecule has 5 nitrogen and oxygen atoms in total. The Morgan fingerprint density at radius 1 is 0.929 bits per heavy atom. The summed E-state index contributed by atoms with van der Waals surface area (Å²) in [6, 6.07) is 19.3. The van der Waals surface area contributed by atoms with Gasteiger partial charge in [-0.2, -0.15) is 0 Å². The zero-order chi connectivity index (χ0) is 19.3. The minimum absolute atomic E-state index is 0.292. The van der Waals surface area contributed by atoms with Crippen molar-refractivity contribution in [3.8, 4) is 5.69 Å². The summed E-state index contributed by atoms with van der Waals surface area (Å²) >= 11 is 0. The van der Waals surface area contributed by atoms with E-state index in [0.29, 0.717) is 6.42 Å². The van der Waals surface area contributed by atoms with E-state index in [9.17, 15) is 4.79 Å². The van der Waals surface area contributed by atoms with Gasteiger partial charge < -0.3 is 4.57 Å². The molecule has 2 heterocycles. The second-order valence-electron chi connectivity index (χ2n) is 7.52. The Balaban J connectivity index is 1.42. The molecule has 2 N–H and O–H groups in total. The predicted molar refractivity (Wildman–Crippen MR) is 110 cm³/mol. The molecule has 5 heteroatoms. The topological polar surface area (TPSA) is 57.5 Å². The fraction of sp³-hybridized carbons (Fsp3) is 0.348. The smallest absolute Gasteiger partial charge is 0.243 e. The lowest BCUT2D eigenvalue weighted by Crippen LogP contribution is -2.19. The number of hydrogen-bond acceptors (Lipinski definition) is 3. The first-order chi connectivity index (χ1) is 13.8. The monoisotopic (exact) mass is 377 g/mol. The van der Waals surface area contributed by atoms with E-state index in [1.807, 2.05) is 0 Å². The van der Waals surface area contributed by atoms with Crippen molar-refractivity contribution >= 4 is 16.8 Å². The van der Waals surface area contributed by atoms with Gasteiger partial charge in [0.15, 0.2) is 0 Å². The fourth-order valence-electron chi connectivity index (χ4n) is 4.25. The molecule has 1 aromatic heterocycles.